The van der Waals surface area contributed by atoms with E-state index in [-0.39, 0.29) is 11.6 Å². The van der Waals surface area contributed by atoms with E-state index in [0.29, 0.717) is 11.9 Å². The van der Waals surface area contributed by atoms with Gasteiger partial charge in [0.2, 0.25) is 5.82 Å². The van der Waals surface area contributed by atoms with E-state index in [1.165, 1.54) is 17.7 Å². The monoisotopic (exact) mass is 583 g/mol. The fourth-order valence-electron chi connectivity index (χ4n) is 5.88. The summed E-state index contributed by atoms with van der Waals surface area (Å²) in [5, 5.41) is 12.5. The number of pyridine rings is 1. The summed E-state index contributed by atoms with van der Waals surface area (Å²) < 4.78 is 15.8. The highest BCUT2D eigenvalue weighted by molar-refractivity contribution is 5.88. The third-order valence-corrected chi connectivity index (χ3v) is 8.11. The number of nitriles is 1. The Labute approximate surface area is 256 Å². The molecule has 4 heterocycles. The van der Waals surface area contributed by atoms with Crippen LogP contribution in [0.15, 0.2) is 104 Å². The van der Waals surface area contributed by atoms with Gasteiger partial charge >= 0.3 is 0 Å². The number of hydrogen-bond donors (Lipinski definition) is 2. The number of halogens is 1. The molecule has 0 aliphatic carbocycles. The van der Waals surface area contributed by atoms with Gasteiger partial charge in [-0.15, -0.1) is 0 Å². The molecule has 0 saturated carbocycles. The predicted molar refractivity (Wildman–Crippen MR) is 174 cm³/mol. The third kappa shape index (κ3) is 6.24. The average Bonchev–Trinajstić information content (AvgIpc) is 3.44. The number of allylic oxidation sites excluding steroid dienone is 3. The number of nitrogens with one attached hydrogen (secondary N) is 1. The zero-order valence-corrected chi connectivity index (χ0v) is 24.6. The van der Waals surface area contributed by atoms with Gasteiger partial charge in [-0.2, -0.15) is 5.26 Å². The summed E-state index contributed by atoms with van der Waals surface area (Å²) in [5.74, 6) is 0.637. The van der Waals surface area contributed by atoms with E-state index in [4.69, 9.17) is 11.0 Å². The highest BCUT2D eigenvalue weighted by Gasteiger charge is 2.20. The Morgan fingerprint density at radius 3 is 2.45 bits per heavy atom. The van der Waals surface area contributed by atoms with Gasteiger partial charge in [0.15, 0.2) is 0 Å². The highest BCUT2D eigenvalue weighted by Crippen LogP contribution is 2.35. The summed E-state index contributed by atoms with van der Waals surface area (Å²) in [5.41, 5.74) is 14.5. The Morgan fingerprint density at radius 1 is 1.02 bits per heavy atom. The smallest absolute Gasteiger partial charge is 0.234 e. The summed E-state index contributed by atoms with van der Waals surface area (Å²) in [4.78, 5) is 10.7. The van der Waals surface area contributed by atoms with Crippen LogP contribution in [0.5, 0.6) is 0 Å². The van der Waals surface area contributed by atoms with Gasteiger partial charge in [0, 0.05) is 55.3 Å². The quantitative estimate of drug-likeness (QED) is 0.191. The maximum Gasteiger partial charge on any atom is 0.234 e. The minimum absolute atomic E-state index is 0.182. The lowest BCUT2D eigenvalue weighted by Gasteiger charge is -2.32. The lowest BCUT2D eigenvalue weighted by molar-refractivity contribution is 0.211. The molecule has 0 unspecified atom stereocenters. The van der Waals surface area contributed by atoms with E-state index < -0.39 is 0 Å². The van der Waals surface area contributed by atoms with Crippen molar-refractivity contribution in [1.29, 1.82) is 5.26 Å². The van der Waals surface area contributed by atoms with Crippen LogP contribution in [0.4, 0.5) is 10.2 Å². The molecule has 0 spiro atoms. The van der Waals surface area contributed by atoms with Gasteiger partial charge in [0.25, 0.3) is 0 Å². The molecule has 1 aliphatic rings. The fourth-order valence-corrected chi connectivity index (χ4v) is 5.88. The van der Waals surface area contributed by atoms with Gasteiger partial charge in [0.05, 0.1) is 5.69 Å². The molecule has 3 N–H and O–H groups in total. The van der Waals surface area contributed by atoms with Crippen LogP contribution in [0.3, 0.4) is 0 Å². The van der Waals surface area contributed by atoms with Crippen LogP contribution in [0.1, 0.15) is 36.7 Å². The number of fused-ring (bicyclic) bond motifs is 1. The molecular formula is C36H34FN7. The first-order valence-corrected chi connectivity index (χ1v) is 14.8. The number of nitrogens with two attached hydrogens (primary N) is 1. The molecule has 6 rings (SSSR count). The number of hydrogen-bond acceptors (Lipinski definition) is 6. The van der Waals surface area contributed by atoms with E-state index in [2.05, 4.69) is 73.2 Å². The van der Waals surface area contributed by atoms with Crippen LogP contribution < -0.4 is 11.1 Å². The molecule has 0 amide bonds. The van der Waals surface area contributed by atoms with Crippen molar-refractivity contribution in [2.24, 2.45) is 5.73 Å². The Bertz CT molecular complexity index is 1860. The Hall–Kier alpha value is -5.26. The predicted octanol–water partition coefficient (Wildman–Crippen LogP) is 7.03. The van der Waals surface area contributed by atoms with E-state index >= 15 is 0 Å². The van der Waals surface area contributed by atoms with E-state index in [0.717, 1.165) is 71.5 Å². The molecular weight excluding hydrogens is 549 g/mol. The molecule has 3 aromatic heterocycles. The molecule has 1 fully saturated rings. The first-order valence-electron chi connectivity index (χ1n) is 14.8. The van der Waals surface area contributed by atoms with Crippen molar-refractivity contribution in [3.05, 3.63) is 126 Å². The van der Waals surface area contributed by atoms with Crippen molar-refractivity contribution in [2.45, 2.75) is 32.4 Å². The normalized spacial score (nSPS) is 14.7. The molecule has 220 valence electrons. The molecule has 1 saturated heterocycles. The van der Waals surface area contributed by atoms with E-state index in [9.17, 15) is 4.39 Å². The second-order valence-electron chi connectivity index (χ2n) is 11.0. The summed E-state index contributed by atoms with van der Waals surface area (Å²) in [7, 11) is 0. The van der Waals surface area contributed by atoms with Crippen molar-refractivity contribution in [2.75, 3.05) is 18.4 Å². The van der Waals surface area contributed by atoms with Gasteiger partial charge < -0.3 is 15.5 Å². The first-order chi connectivity index (χ1) is 21.5. The molecule has 5 aromatic rings. The molecule has 1 aliphatic heterocycles. The summed E-state index contributed by atoms with van der Waals surface area (Å²) in [6.07, 6.45) is 11.4. The lowest BCUT2D eigenvalue weighted by atomic mass is 10.00. The van der Waals surface area contributed by atoms with Gasteiger partial charge in [-0.3, -0.25) is 4.90 Å². The van der Waals surface area contributed by atoms with Crippen molar-refractivity contribution in [1.82, 2.24) is 19.3 Å². The molecule has 44 heavy (non-hydrogen) atoms. The minimum Gasteiger partial charge on any atom is -0.404 e. The van der Waals surface area contributed by atoms with E-state index in [1.54, 1.807) is 24.5 Å². The first kappa shape index (κ1) is 28.8. The zero-order valence-electron chi connectivity index (χ0n) is 24.6. The molecule has 2 aromatic carbocycles. The van der Waals surface area contributed by atoms with Crippen molar-refractivity contribution >= 4 is 16.9 Å². The Kier molecular flexibility index (Phi) is 8.48. The van der Waals surface area contributed by atoms with Gasteiger partial charge in [-0.1, -0.05) is 54.6 Å². The summed E-state index contributed by atoms with van der Waals surface area (Å²) in [6.45, 7) is 4.81. The number of nitrogens with zero attached hydrogens (tertiary/aromatic N) is 5. The van der Waals surface area contributed by atoms with Crippen LogP contribution in [0, 0.1) is 17.1 Å². The second kappa shape index (κ2) is 12.9. The SMILES string of the molecule is C/C=C\C(=C/N)c1cc2ccc(-c3ccc(F)cc3)cn2c1-c1ccc(CN2CCC(Nc3ccnc(C#N)n3)CC2)cc1. The second-order valence-corrected chi connectivity index (χ2v) is 11.0. The van der Waals surface area contributed by atoms with Gasteiger partial charge in [-0.05, 0) is 77.9 Å². The van der Waals surface area contributed by atoms with Crippen LogP contribution in [0.25, 0.3) is 33.5 Å². The number of rotatable bonds is 8. The van der Waals surface area contributed by atoms with Crippen LogP contribution in [-0.2, 0) is 6.54 Å². The Balaban J connectivity index is 1.22. The number of anilines is 1. The highest BCUT2D eigenvalue weighted by atomic mass is 19.1. The molecule has 0 bridgehead atoms. The van der Waals surface area contributed by atoms with Crippen LogP contribution in [-0.4, -0.2) is 38.4 Å². The number of likely N-dealkylation sites (tertiary alicyclic amines) is 1. The zero-order chi connectivity index (χ0) is 30.5. The topological polar surface area (TPSA) is 95.3 Å². The average molecular weight is 584 g/mol. The molecule has 0 atom stereocenters. The lowest BCUT2D eigenvalue weighted by Crippen LogP contribution is -2.38. The minimum atomic E-state index is -0.249. The number of benzene rings is 2. The standard InChI is InChI=1S/C36H34FN7/c1-2-3-28(21-38)33-20-32-13-10-29(26-8-11-30(37)12-9-26)24-44(32)36(33)27-6-4-25(5-7-27)23-43-18-15-31(16-19-43)41-34-14-17-40-35(22-39)42-34/h2-14,17,20-21,24,31H,15-16,18-19,23,38H2,1H3,(H,40,41,42)/b3-2-,28-21+. The van der Waals surface area contributed by atoms with Crippen LogP contribution in [0.2, 0.25) is 0 Å². The van der Waals surface area contributed by atoms with Gasteiger partial charge in [-0.25, -0.2) is 14.4 Å². The molecule has 7 nitrogen and oxygen atoms in total. The summed E-state index contributed by atoms with van der Waals surface area (Å²) >= 11 is 0. The maximum absolute atomic E-state index is 13.6. The molecule has 0 radical (unpaired) electrons. The fraction of sp³-hybridized carbons (Fsp3) is 0.194. The van der Waals surface area contributed by atoms with Gasteiger partial charge in [0.1, 0.15) is 17.7 Å². The largest absolute Gasteiger partial charge is 0.404 e. The molecule has 8 heteroatoms. The van der Waals surface area contributed by atoms with E-state index in [1.807, 2.05) is 31.2 Å². The van der Waals surface area contributed by atoms with Crippen molar-refractivity contribution < 1.29 is 4.39 Å². The van der Waals surface area contributed by atoms with Crippen molar-refractivity contribution in [3.8, 4) is 28.5 Å². The maximum atomic E-state index is 13.6. The summed E-state index contributed by atoms with van der Waals surface area (Å²) in [6, 6.07) is 25.8. The number of piperidine rings is 1. The third-order valence-electron chi connectivity index (χ3n) is 8.11. The number of aromatic nitrogens is 3. The van der Waals surface area contributed by atoms with Crippen molar-refractivity contribution in [3.63, 3.8) is 0 Å². The Morgan fingerprint density at radius 2 is 1.75 bits per heavy atom. The van der Waals surface area contributed by atoms with Crippen LogP contribution >= 0.6 is 0 Å².